The molecule has 0 atom stereocenters. The SMILES string of the molecule is FC(F)(F)C1(c2cnc(Nc3ccc4cccc(Cl)c4n3)nc2)CC1. The fourth-order valence-electron chi connectivity index (χ4n) is 2.80. The predicted octanol–water partition coefficient (Wildman–Crippen LogP) is 5.02. The van der Waals surface area contributed by atoms with E-state index < -0.39 is 11.6 Å². The van der Waals surface area contributed by atoms with Crippen LogP contribution in [-0.4, -0.2) is 21.1 Å². The lowest BCUT2D eigenvalue weighted by Crippen LogP contribution is -2.28. The molecule has 0 bridgehead atoms. The molecule has 4 nitrogen and oxygen atoms in total. The number of nitrogens with one attached hydrogen (secondary N) is 1. The number of alkyl halides is 3. The van der Waals surface area contributed by atoms with Crippen molar-refractivity contribution in [2.45, 2.75) is 24.4 Å². The number of pyridine rings is 1. The lowest BCUT2D eigenvalue weighted by Gasteiger charge is -2.18. The highest BCUT2D eigenvalue weighted by Gasteiger charge is 2.64. The maximum absolute atomic E-state index is 13.1. The summed E-state index contributed by atoms with van der Waals surface area (Å²) in [6.07, 6.45) is -1.66. The minimum Gasteiger partial charge on any atom is -0.309 e. The van der Waals surface area contributed by atoms with Crippen molar-refractivity contribution in [1.82, 2.24) is 15.0 Å². The number of nitrogens with zero attached hydrogens (tertiary/aromatic N) is 3. The molecule has 1 aliphatic carbocycles. The van der Waals surface area contributed by atoms with Gasteiger partial charge in [-0.1, -0.05) is 23.7 Å². The fraction of sp³-hybridized carbons (Fsp3) is 0.235. The Morgan fingerprint density at radius 3 is 2.40 bits per heavy atom. The average Bonchev–Trinajstić information content (AvgIpc) is 3.38. The van der Waals surface area contributed by atoms with E-state index in [0.717, 1.165) is 5.39 Å². The van der Waals surface area contributed by atoms with Gasteiger partial charge in [0.15, 0.2) is 0 Å². The van der Waals surface area contributed by atoms with Crippen LogP contribution in [-0.2, 0) is 5.41 Å². The quantitative estimate of drug-likeness (QED) is 0.709. The molecule has 1 saturated carbocycles. The van der Waals surface area contributed by atoms with Crippen LogP contribution in [0.2, 0.25) is 5.02 Å². The zero-order valence-electron chi connectivity index (χ0n) is 12.8. The fourth-order valence-corrected chi connectivity index (χ4v) is 3.02. The van der Waals surface area contributed by atoms with Crippen LogP contribution in [0.4, 0.5) is 24.9 Å². The third-order valence-corrected chi connectivity index (χ3v) is 4.71. The van der Waals surface area contributed by atoms with E-state index in [2.05, 4.69) is 20.3 Å². The summed E-state index contributed by atoms with van der Waals surface area (Å²) in [5.41, 5.74) is -1.06. The molecular formula is C17H12ClF3N4. The standard InChI is InChI=1S/C17H12ClF3N4/c18-12-3-1-2-10-4-5-13(24-14(10)12)25-15-22-8-11(9-23-15)16(6-7-16)17(19,20)21/h1-5,8-9H,6-7H2,(H,22,23,24,25). The Morgan fingerprint density at radius 2 is 1.76 bits per heavy atom. The monoisotopic (exact) mass is 364 g/mol. The van der Waals surface area contributed by atoms with Crippen LogP contribution in [0.25, 0.3) is 10.9 Å². The largest absolute Gasteiger partial charge is 0.398 e. The lowest BCUT2D eigenvalue weighted by molar-refractivity contribution is -0.160. The highest BCUT2D eigenvalue weighted by molar-refractivity contribution is 6.35. The lowest BCUT2D eigenvalue weighted by atomic mass is 9.99. The van der Waals surface area contributed by atoms with E-state index in [0.29, 0.717) is 16.4 Å². The summed E-state index contributed by atoms with van der Waals surface area (Å²) in [5, 5.41) is 4.28. The molecule has 2 heterocycles. The number of halogens is 4. The smallest absolute Gasteiger partial charge is 0.309 e. The normalized spacial score (nSPS) is 16.0. The van der Waals surface area contributed by atoms with E-state index in [1.807, 2.05) is 18.2 Å². The number of hydrogen-bond donors (Lipinski definition) is 1. The summed E-state index contributed by atoms with van der Waals surface area (Å²) in [6.45, 7) is 0. The summed E-state index contributed by atoms with van der Waals surface area (Å²) >= 11 is 6.12. The molecule has 0 amide bonds. The van der Waals surface area contributed by atoms with Crippen molar-refractivity contribution >= 4 is 34.3 Å². The highest BCUT2D eigenvalue weighted by atomic mass is 35.5. The minimum absolute atomic E-state index is 0.0807. The Kier molecular flexibility index (Phi) is 3.57. The van der Waals surface area contributed by atoms with E-state index in [4.69, 9.17) is 11.6 Å². The number of aromatic nitrogens is 3. The van der Waals surface area contributed by atoms with Gasteiger partial charge in [0, 0.05) is 23.3 Å². The molecule has 128 valence electrons. The molecule has 1 fully saturated rings. The third kappa shape index (κ3) is 2.78. The molecule has 0 unspecified atom stereocenters. The number of fused-ring (bicyclic) bond motifs is 1. The zero-order chi connectivity index (χ0) is 17.7. The van der Waals surface area contributed by atoms with Gasteiger partial charge in [0.1, 0.15) is 5.82 Å². The average molecular weight is 365 g/mol. The van der Waals surface area contributed by atoms with Crippen LogP contribution in [0.15, 0.2) is 42.7 Å². The van der Waals surface area contributed by atoms with Crippen molar-refractivity contribution in [3.63, 3.8) is 0 Å². The van der Waals surface area contributed by atoms with Gasteiger partial charge in [0.25, 0.3) is 0 Å². The molecule has 1 aliphatic rings. The van der Waals surface area contributed by atoms with E-state index in [9.17, 15) is 13.2 Å². The van der Waals surface area contributed by atoms with Crippen molar-refractivity contribution in [3.8, 4) is 0 Å². The van der Waals surface area contributed by atoms with Crippen molar-refractivity contribution < 1.29 is 13.2 Å². The van der Waals surface area contributed by atoms with Crippen LogP contribution in [0, 0.1) is 0 Å². The Bertz CT molecular complexity index is 937. The summed E-state index contributed by atoms with van der Waals surface area (Å²) in [7, 11) is 0. The zero-order valence-corrected chi connectivity index (χ0v) is 13.6. The van der Waals surface area contributed by atoms with Crippen molar-refractivity contribution in [3.05, 3.63) is 53.3 Å². The van der Waals surface area contributed by atoms with Gasteiger partial charge in [0.05, 0.1) is 16.0 Å². The predicted molar refractivity (Wildman–Crippen MR) is 89.0 cm³/mol. The van der Waals surface area contributed by atoms with Gasteiger partial charge in [-0.05, 0) is 31.0 Å². The van der Waals surface area contributed by atoms with Crippen LogP contribution >= 0.6 is 11.6 Å². The van der Waals surface area contributed by atoms with Crippen LogP contribution in [0.1, 0.15) is 18.4 Å². The first-order chi connectivity index (χ1) is 11.9. The van der Waals surface area contributed by atoms with Crippen LogP contribution in [0.5, 0.6) is 0 Å². The van der Waals surface area contributed by atoms with Crippen molar-refractivity contribution in [2.75, 3.05) is 5.32 Å². The molecule has 0 radical (unpaired) electrons. The second kappa shape index (κ2) is 5.56. The summed E-state index contributed by atoms with van der Waals surface area (Å²) < 4.78 is 39.4. The van der Waals surface area contributed by atoms with Gasteiger partial charge in [0.2, 0.25) is 5.95 Å². The second-order valence-electron chi connectivity index (χ2n) is 6.01. The maximum Gasteiger partial charge on any atom is 0.398 e. The van der Waals surface area contributed by atoms with Gasteiger partial charge in [-0.3, -0.25) is 0 Å². The summed E-state index contributed by atoms with van der Waals surface area (Å²) in [5.74, 6) is 0.644. The Morgan fingerprint density at radius 1 is 1.04 bits per heavy atom. The molecule has 8 heteroatoms. The van der Waals surface area contributed by atoms with Gasteiger partial charge in [-0.15, -0.1) is 0 Å². The van der Waals surface area contributed by atoms with Crippen molar-refractivity contribution in [1.29, 1.82) is 0 Å². The molecule has 2 aromatic heterocycles. The number of benzene rings is 1. The molecule has 0 saturated heterocycles. The number of hydrogen-bond acceptors (Lipinski definition) is 4. The van der Waals surface area contributed by atoms with Gasteiger partial charge < -0.3 is 5.32 Å². The molecule has 3 aromatic rings. The number of rotatable bonds is 3. The van der Waals surface area contributed by atoms with Gasteiger partial charge >= 0.3 is 6.18 Å². The van der Waals surface area contributed by atoms with E-state index >= 15 is 0 Å². The molecule has 0 spiro atoms. The first kappa shape index (κ1) is 16.1. The summed E-state index contributed by atoms with van der Waals surface area (Å²) in [4.78, 5) is 12.4. The Labute approximate surface area is 146 Å². The van der Waals surface area contributed by atoms with E-state index in [-0.39, 0.29) is 24.4 Å². The number of anilines is 2. The van der Waals surface area contributed by atoms with Gasteiger partial charge in [-0.25, -0.2) is 15.0 Å². The molecule has 1 aromatic carbocycles. The van der Waals surface area contributed by atoms with Crippen LogP contribution < -0.4 is 5.32 Å². The van der Waals surface area contributed by atoms with Crippen LogP contribution in [0.3, 0.4) is 0 Å². The van der Waals surface area contributed by atoms with E-state index in [1.54, 1.807) is 12.1 Å². The van der Waals surface area contributed by atoms with E-state index in [1.165, 1.54) is 12.4 Å². The minimum atomic E-state index is -4.28. The molecule has 1 N–H and O–H groups in total. The second-order valence-corrected chi connectivity index (χ2v) is 6.42. The molecule has 25 heavy (non-hydrogen) atoms. The molecular weight excluding hydrogens is 353 g/mol. The van der Waals surface area contributed by atoms with Gasteiger partial charge in [-0.2, -0.15) is 13.2 Å². The molecule has 0 aliphatic heterocycles. The first-order valence-electron chi connectivity index (χ1n) is 7.61. The number of para-hydroxylation sites is 1. The molecule has 4 rings (SSSR count). The Hall–Kier alpha value is -2.41. The third-order valence-electron chi connectivity index (χ3n) is 4.41. The Balaban J connectivity index is 1.59. The maximum atomic E-state index is 13.1. The van der Waals surface area contributed by atoms with Crippen molar-refractivity contribution in [2.24, 2.45) is 0 Å². The highest BCUT2D eigenvalue weighted by Crippen LogP contribution is 2.58. The first-order valence-corrected chi connectivity index (χ1v) is 7.98. The summed E-state index contributed by atoms with van der Waals surface area (Å²) in [6, 6.07) is 9.02. The topological polar surface area (TPSA) is 50.7 Å².